The standard InChI is InChI=1S/C42H37N3O14/c1-7-15(2)25-13-22-29(39(59-25)32(43)41(54)44-14-23(42(55)56)45(17(4)46)40(53)16(44)3)36(51)27-20(33(22)48)11-12-21-28(27)37(52)30-31(38(21)57-6)35(50)26-19(34(30)49)9-8-10-24(26)58-18(5)47/h8-13,15-16,22-23,29,52H,7,14,43H2,1-6H3,(H,55,56)/b39-32+. The highest BCUT2D eigenvalue weighted by molar-refractivity contribution is 6.35. The number of ether oxygens (including phenoxy) is 3. The number of methoxy groups -OCH3 is 1. The van der Waals surface area contributed by atoms with Crippen molar-refractivity contribution in [3.05, 3.63) is 87.0 Å². The molecule has 0 saturated carbocycles. The van der Waals surface area contributed by atoms with Gasteiger partial charge in [-0.05, 0) is 37.6 Å². The lowest BCUT2D eigenvalue weighted by molar-refractivity contribution is -0.168. The number of aliphatic carboxylic acids is 1. The number of carboxylic acid groups (broad SMARTS) is 1. The first kappa shape index (κ1) is 40.0. The van der Waals surface area contributed by atoms with E-state index in [-0.39, 0.29) is 56.2 Å². The van der Waals surface area contributed by atoms with Crippen LogP contribution in [0.1, 0.15) is 93.6 Å². The Bertz CT molecular complexity index is 2600. The predicted molar refractivity (Wildman–Crippen MR) is 202 cm³/mol. The Morgan fingerprint density at radius 3 is 2.25 bits per heavy atom. The molecule has 59 heavy (non-hydrogen) atoms. The first-order valence-electron chi connectivity index (χ1n) is 18.5. The number of benzene rings is 3. The molecule has 17 nitrogen and oxygen atoms in total. The number of phenols is 1. The van der Waals surface area contributed by atoms with E-state index in [9.17, 15) is 48.6 Å². The maximum Gasteiger partial charge on any atom is 0.328 e. The molecule has 3 amide bonds. The number of rotatable bonds is 6. The molecule has 2 heterocycles. The topological polar surface area (TPSA) is 254 Å². The number of nitrogens with zero attached hydrogens (tertiary/aromatic N) is 2. The average Bonchev–Trinajstić information content (AvgIpc) is 3.20. The molecule has 1 saturated heterocycles. The molecule has 304 valence electrons. The maximum absolute atomic E-state index is 15.1. The molecule has 17 heteroatoms. The third kappa shape index (κ3) is 5.86. The zero-order valence-corrected chi connectivity index (χ0v) is 32.5. The molecule has 3 aromatic rings. The number of carbonyl (C=O) groups is 9. The van der Waals surface area contributed by atoms with Crippen molar-refractivity contribution in [1.29, 1.82) is 0 Å². The molecule has 7 rings (SSSR count). The van der Waals surface area contributed by atoms with Crippen molar-refractivity contribution in [3.8, 4) is 17.2 Å². The fourth-order valence-electron chi connectivity index (χ4n) is 8.28. The monoisotopic (exact) mass is 807 g/mol. The van der Waals surface area contributed by atoms with Gasteiger partial charge in [0.15, 0.2) is 23.4 Å². The number of hydrogen-bond donors (Lipinski definition) is 3. The molecule has 5 unspecified atom stereocenters. The molecule has 0 bridgehead atoms. The van der Waals surface area contributed by atoms with Gasteiger partial charge in [-0.1, -0.05) is 26.0 Å². The highest BCUT2D eigenvalue weighted by Crippen LogP contribution is 2.51. The SMILES string of the molecule is CCC(C)C1=CC2C(=O)c3ccc4c(OC)c5c(c(O)c4c3C(=O)C2/C(=C(\N)C(=O)N2CC(C(=O)O)N(C(C)=O)C(=O)C2C)O1)C(=O)c1cccc(OC(C)=O)c1C5=O. The number of Topliss-reactive ketones (excluding diaryl/α,β-unsaturated/α-hetero) is 2. The zero-order valence-electron chi connectivity index (χ0n) is 32.5. The summed E-state index contributed by atoms with van der Waals surface area (Å²) in [7, 11) is 1.19. The van der Waals surface area contributed by atoms with Crippen molar-refractivity contribution in [2.24, 2.45) is 23.5 Å². The summed E-state index contributed by atoms with van der Waals surface area (Å²) >= 11 is 0. The summed E-state index contributed by atoms with van der Waals surface area (Å²) in [6.45, 7) is 6.35. The number of amides is 3. The van der Waals surface area contributed by atoms with Gasteiger partial charge in [0.05, 0.1) is 42.2 Å². The first-order valence-corrected chi connectivity index (χ1v) is 18.5. The molecular weight excluding hydrogens is 770 g/mol. The van der Waals surface area contributed by atoms with Crippen LogP contribution >= 0.6 is 0 Å². The van der Waals surface area contributed by atoms with Crippen LogP contribution in [-0.4, -0.2) is 98.5 Å². The second kappa shape index (κ2) is 14.3. The van der Waals surface area contributed by atoms with Crippen molar-refractivity contribution in [1.82, 2.24) is 9.80 Å². The lowest BCUT2D eigenvalue weighted by Crippen LogP contribution is -2.65. The predicted octanol–water partition coefficient (Wildman–Crippen LogP) is 3.06. The van der Waals surface area contributed by atoms with Crippen LogP contribution in [0.5, 0.6) is 17.2 Å². The maximum atomic E-state index is 15.1. The Balaban J connectivity index is 1.43. The van der Waals surface area contributed by atoms with Crippen molar-refractivity contribution in [2.45, 2.75) is 53.1 Å². The zero-order chi connectivity index (χ0) is 43.1. The molecule has 3 aromatic carbocycles. The number of nitrogens with two attached hydrogens (primary N) is 1. The summed E-state index contributed by atoms with van der Waals surface area (Å²) < 4.78 is 17.1. The second-order valence-corrected chi connectivity index (χ2v) is 14.7. The van der Waals surface area contributed by atoms with E-state index in [1.807, 2.05) is 6.92 Å². The summed E-state index contributed by atoms with van der Waals surface area (Å²) in [5.74, 6) is -13.4. The van der Waals surface area contributed by atoms with Crippen LogP contribution in [-0.2, 0) is 28.7 Å². The van der Waals surface area contributed by atoms with E-state index in [2.05, 4.69) is 0 Å². The van der Waals surface area contributed by atoms with Crippen molar-refractivity contribution >= 4 is 63.6 Å². The summed E-state index contributed by atoms with van der Waals surface area (Å²) in [5.41, 5.74) is 3.87. The molecule has 4 N–H and O–H groups in total. The van der Waals surface area contributed by atoms with E-state index >= 15 is 4.79 Å². The lowest BCUT2D eigenvalue weighted by Gasteiger charge is -2.42. The van der Waals surface area contributed by atoms with Gasteiger partial charge in [0.1, 0.15) is 40.5 Å². The second-order valence-electron chi connectivity index (χ2n) is 14.7. The molecule has 2 aliphatic carbocycles. The minimum absolute atomic E-state index is 0.0470. The largest absolute Gasteiger partial charge is 0.506 e. The Morgan fingerprint density at radius 2 is 1.64 bits per heavy atom. The fourth-order valence-corrected chi connectivity index (χ4v) is 8.28. The normalized spacial score (nSPS) is 22.3. The molecule has 0 aromatic heterocycles. The number of esters is 1. The Labute approximate surface area is 334 Å². The highest BCUT2D eigenvalue weighted by atomic mass is 16.5. The van der Waals surface area contributed by atoms with Crippen molar-refractivity contribution in [3.63, 3.8) is 0 Å². The fraction of sp³-hybridized carbons (Fsp3) is 0.310. The van der Waals surface area contributed by atoms with Crippen molar-refractivity contribution < 1.29 is 67.6 Å². The summed E-state index contributed by atoms with van der Waals surface area (Å²) in [6, 6.07) is 3.52. The van der Waals surface area contributed by atoms with Crippen LogP contribution in [0.4, 0.5) is 0 Å². The first-order chi connectivity index (χ1) is 27.9. The number of fused-ring (bicyclic) bond motifs is 6. The molecule has 0 radical (unpaired) electrons. The van der Waals surface area contributed by atoms with Gasteiger partial charge in [0, 0.05) is 47.2 Å². The molecule has 1 fully saturated rings. The van der Waals surface area contributed by atoms with Crippen LogP contribution < -0.4 is 15.2 Å². The number of phenolic OH excluding ortho intramolecular Hbond substituents is 1. The van der Waals surface area contributed by atoms with Crippen LogP contribution in [0.15, 0.2) is 53.6 Å². The molecule has 0 spiro atoms. The van der Waals surface area contributed by atoms with Gasteiger partial charge < -0.3 is 35.1 Å². The summed E-state index contributed by atoms with van der Waals surface area (Å²) in [6.07, 6.45) is 1.95. The lowest BCUT2D eigenvalue weighted by atomic mass is 9.69. The smallest absolute Gasteiger partial charge is 0.328 e. The van der Waals surface area contributed by atoms with Gasteiger partial charge >= 0.3 is 11.9 Å². The van der Waals surface area contributed by atoms with Gasteiger partial charge in [-0.15, -0.1) is 0 Å². The number of imide groups is 1. The molecule has 5 atom stereocenters. The third-order valence-corrected chi connectivity index (χ3v) is 11.3. The summed E-state index contributed by atoms with van der Waals surface area (Å²) in [4.78, 5) is 123. The quantitative estimate of drug-likeness (QED) is 0.144. The van der Waals surface area contributed by atoms with E-state index in [0.29, 0.717) is 11.3 Å². The number of carboxylic acids is 1. The number of carbonyl (C=O) groups excluding carboxylic acids is 8. The molecule has 4 aliphatic rings. The molecule has 2 aliphatic heterocycles. The Kier molecular flexibility index (Phi) is 9.73. The Morgan fingerprint density at radius 1 is 0.949 bits per heavy atom. The number of allylic oxidation sites excluding steroid dienone is 3. The average molecular weight is 808 g/mol. The minimum atomic E-state index is -1.76. The van der Waals surface area contributed by atoms with Crippen LogP contribution in [0.3, 0.4) is 0 Å². The van der Waals surface area contributed by atoms with Gasteiger partial charge in [-0.3, -0.25) is 43.3 Å². The molecular formula is C42H37N3O14. The third-order valence-electron chi connectivity index (χ3n) is 11.3. The van der Waals surface area contributed by atoms with E-state index < -0.39 is 112 Å². The van der Waals surface area contributed by atoms with E-state index in [4.69, 9.17) is 19.9 Å². The van der Waals surface area contributed by atoms with E-state index in [1.54, 1.807) is 6.92 Å². The van der Waals surface area contributed by atoms with Gasteiger partial charge in [-0.2, -0.15) is 0 Å². The van der Waals surface area contributed by atoms with Crippen molar-refractivity contribution in [2.75, 3.05) is 13.7 Å². The number of aromatic hydroxyl groups is 1. The van der Waals surface area contributed by atoms with Gasteiger partial charge in [0.2, 0.25) is 11.7 Å². The summed E-state index contributed by atoms with van der Waals surface area (Å²) in [5, 5.41) is 21.6. The van der Waals surface area contributed by atoms with E-state index in [1.165, 1.54) is 50.4 Å². The van der Waals surface area contributed by atoms with Crippen LogP contribution in [0, 0.1) is 17.8 Å². The number of piperazine rings is 1. The van der Waals surface area contributed by atoms with Crippen LogP contribution in [0.2, 0.25) is 0 Å². The van der Waals surface area contributed by atoms with Gasteiger partial charge in [-0.25, -0.2) is 4.79 Å². The van der Waals surface area contributed by atoms with Crippen LogP contribution in [0.25, 0.3) is 10.8 Å². The number of ketones is 4. The number of hydrogen-bond acceptors (Lipinski definition) is 14. The van der Waals surface area contributed by atoms with E-state index in [0.717, 1.165) is 18.7 Å². The Hall–Kier alpha value is -7.17. The van der Waals surface area contributed by atoms with Gasteiger partial charge in [0.25, 0.3) is 11.8 Å². The highest BCUT2D eigenvalue weighted by Gasteiger charge is 2.52. The minimum Gasteiger partial charge on any atom is -0.506 e.